The Morgan fingerprint density at radius 1 is 0.963 bits per heavy atom. The standard InChI is InChI=1S/C18H34N4O2.3ClH/c1-21-11-5-17(6-12-21,22-9-3-2-4-10-22)15-20-16(23)18(19)7-13-24-14-8-18;;;/h2-15,19H2,1H3,(H,20,23);3*1H. The molecule has 0 bridgehead atoms. The number of carbonyl (C=O) groups excluding carboxylic acids is 1. The first kappa shape index (κ1) is 27.2. The van der Waals surface area contributed by atoms with Gasteiger partial charge in [0.15, 0.2) is 0 Å². The summed E-state index contributed by atoms with van der Waals surface area (Å²) >= 11 is 0. The number of likely N-dealkylation sites (tertiary alicyclic amines) is 2. The van der Waals surface area contributed by atoms with Crippen molar-refractivity contribution in [2.24, 2.45) is 5.73 Å². The average molecular weight is 448 g/mol. The Morgan fingerprint density at radius 3 is 2.07 bits per heavy atom. The summed E-state index contributed by atoms with van der Waals surface area (Å²) in [5.74, 6) is 0.0149. The minimum Gasteiger partial charge on any atom is -0.381 e. The van der Waals surface area contributed by atoms with Gasteiger partial charge in [0.05, 0.1) is 5.54 Å². The van der Waals surface area contributed by atoms with Crippen LogP contribution in [0.3, 0.4) is 0 Å². The van der Waals surface area contributed by atoms with Crippen molar-refractivity contribution >= 4 is 43.1 Å². The molecule has 0 saturated carbocycles. The van der Waals surface area contributed by atoms with Gasteiger partial charge in [0.1, 0.15) is 0 Å². The third-order valence-electron chi connectivity index (χ3n) is 6.36. The molecule has 6 nitrogen and oxygen atoms in total. The van der Waals surface area contributed by atoms with Gasteiger partial charge in [-0.05, 0) is 71.8 Å². The molecule has 0 aromatic heterocycles. The third-order valence-corrected chi connectivity index (χ3v) is 6.36. The second-order valence-electron chi connectivity index (χ2n) is 8.03. The van der Waals surface area contributed by atoms with Gasteiger partial charge < -0.3 is 20.7 Å². The molecule has 3 saturated heterocycles. The molecule has 0 radical (unpaired) electrons. The van der Waals surface area contributed by atoms with Gasteiger partial charge in [0, 0.05) is 25.3 Å². The van der Waals surface area contributed by atoms with E-state index >= 15 is 0 Å². The van der Waals surface area contributed by atoms with Crippen molar-refractivity contribution in [2.45, 2.75) is 56.0 Å². The zero-order valence-electron chi connectivity index (χ0n) is 16.4. The van der Waals surface area contributed by atoms with Crippen LogP contribution in [-0.2, 0) is 9.53 Å². The zero-order valence-corrected chi connectivity index (χ0v) is 18.9. The van der Waals surface area contributed by atoms with Crippen LogP contribution in [0.2, 0.25) is 0 Å². The van der Waals surface area contributed by atoms with Crippen LogP contribution in [-0.4, -0.2) is 79.8 Å². The number of nitrogens with one attached hydrogen (secondary N) is 1. The van der Waals surface area contributed by atoms with E-state index in [-0.39, 0.29) is 48.7 Å². The Balaban J connectivity index is 0.00000225. The largest absolute Gasteiger partial charge is 0.381 e. The molecule has 0 unspecified atom stereocenters. The summed E-state index contributed by atoms with van der Waals surface area (Å²) in [4.78, 5) is 17.8. The molecule has 9 heteroatoms. The average Bonchev–Trinajstić information content (AvgIpc) is 2.63. The normalized spacial score (nSPS) is 25.3. The summed E-state index contributed by atoms with van der Waals surface area (Å²) in [6, 6.07) is 0. The minimum atomic E-state index is -0.743. The summed E-state index contributed by atoms with van der Waals surface area (Å²) in [6.07, 6.45) is 7.41. The molecule has 0 aromatic rings. The van der Waals surface area contributed by atoms with Gasteiger partial charge in [-0.3, -0.25) is 9.69 Å². The summed E-state index contributed by atoms with van der Waals surface area (Å²) in [5.41, 5.74) is 5.72. The lowest BCUT2D eigenvalue weighted by molar-refractivity contribution is -0.130. The maximum absolute atomic E-state index is 12.7. The fourth-order valence-electron chi connectivity index (χ4n) is 4.39. The van der Waals surface area contributed by atoms with Gasteiger partial charge in [-0.15, -0.1) is 37.2 Å². The molecule has 0 atom stereocenters. The molecule has 3 heterocycles. The lowest BCUT2D eigenvalue weighted by atomic mass is 9.83. The Labute approximate surface area is 182 Å². The molecule has 0 spiro atoms. The van der Waals surface area contributed by atoms with E-state index in [4.69, 9.17) is 10.5 Å². The van der Waals surface area contributed by atoms with Crippen LogP contribution < -0.4 is 11.1 Å². The van der Waals surface area contributed by atoms with Crippen LogP contribution in [0.1, 0.15) is 44.9 Å². The Kier molecular flexibility index (Phi) is 12.1. The van der Waals surface area contributed by atoms with E-state index in [1.54, 1.807) is 0 Å². The van der Waals surface area contributed by atoms with Crippen LogP contribution in [0.5, 0.6) is 0 Å². The number of nitrogens with zero attached hydrogens (tertiary/aromatic N) is 2. The van der Waals surface area contributed by atoms with Crippen molar-refractivity contribution in [1.29, 1.82) is 0 Å². The van der Waals surface area contributed by atoms with E-state index < -0.39 is 5.54 Å². The predicted molar refractivity (Wildman–Crippen MR) is 117 cm³/mol. The highest BCUT2D eigenvalue weighted by Gasteiger charge is 2.42. The quantitative estimate of drug-likeness (QED) is 0.688. The van der Waals surface area contributed by atoms with Gasteiger partial charge in [-0.2, -0.15) is 0 Å². The SMILES string of the molecule is CN1CCC(CNC(=O)C2(N)CCOCC2)(N2CCCCC2)CC1.Cl.Cl.Cl. The van der Waals surface area contributed by atoms with Crippen molar-refractivity contribution in [3.05, 3.63) is 0 Å². The molecule has 3 aliphatic heterocycles. The van der Waals surface area contributed by atoms with Crippen LogP contribution in [0, 0.1) is 0 Å². The number of halogens is 3. The predicted octanol–water partition coefficient (Wildman–Crippen LogP) is 1.83. The zero-order chi connectivity index (χ0) is 17.0. The van der Waals surface area contributed by atoms with Gasteiger partial charge in [-0.25, -0.2) is 0 Å². The van der Waals surface area contributed by atoms with Crippen molar-refractivity contribution in [3.8, 4) is 0 Å². The molecule has 0 aliphatic carbocycles. The number of ether oxygens (including phenoxy) is 1. The number of hydrogen-bond acceptors (Lipinski definition) is 5. The number of hydrogen-bond donors (Lipinski definition) is 2. The van der Waals surface area contributed by atoms with E-state index in [2.05, 4.69) is 22.2 Å². The fraction of sp³-hybridized carbons (Fsp3) is 0.944. The number of nitrogens with two attached hydrogens (primary N) is 1. The highest BCUT2D eigenvalue weighted by molar-refractivity contribution is 5.86. The first-order valence-electron chi connectivity index (χ1n) is 9.63. The number of carbonyl (C=O) groups is 1. The molecule has 162 valence electrons. The van der Waals surface area contributed by atoms with E-state index in [1.807, 2.05) is 0 Å². The van der Waals surface area contributed by atoms with Crippen molar-refractivity contribution in [1.82, 2.24) is 15.1 Å². The van der Waals surface area contributed by atoms with Crippen LogP contribution in [0.25, 0.3) is 0 Å². The number of rotatable bonds is 4. The maximum atomic E-state index is 12.7. The molecular formula is C18H37Cl3N4O2. The highest BCUT2D eigenvalue weighted by atomic mass is 35.5. The van der Waals surface area contributed by atoms with E-state index in [0.29, 0.717) is 26.1 Å². The molecule has 0 aromatic carbocycles. The lowest BCUT2D eigenvalue weighted by Gasteiger charge is -2.50. The molecule has 27 heavy (non-hydrogen) atoms. The van der Waals surface area contributed by atoms with Gasteiger partial charge in [0.2, 0.25) is 5.91 Å². The van der Waals surface area contributed by atoms with Gasteiger partial charge in [0.25, 0.3) is 0 Å². The number of piperidine rings is 2. The molecule has 3 N–H and O–H groups in total. The van der Waals surface area contributed by atoms with E-state index in [1.165, 1.54) is 32.4 Å². The summed E-state index contributed by atoms with van der Waals surface area (Å²) in [6.45, 7) is 6.46. The summed E-state index contributed by atoms with van der Waals surface area (Å²) in [5, 5.41) is 3.24. The van der Waals surface area contributed by atoms with Crippen LogP contribution in [0.4, 0.5) is 0 Å². The molecule has 3 rings (SSSR count). The first-order chi connectivity index (χ1) is 11.5. The molecule has 1 amide bonds. The second kappa shape index (κ2) is 12.0. The Morgan fingerprint density at radius 2 is 1.52 bits per heavy atom. The van der Waals surface area contributed by atoms with Gasteiger partial charge >= 0.3 is 0 Å². The number of amides is 1. The fourth-order valence-corrected chi connectivity index (χ4v) is 4.39. The lowest BCUT2D eigenvalue weighted by Crippen LogP contribution is -2.64. The van der Waals surface area contributed by atoms with Crippen molar-refractivity contribution in [2.75, 3.05) is 53.0 Å². The summed E-state index contributed by atoms with van der Waals surface area (Å²) < 4.78 is 5.36. The third kappa shape index (κ3) is 6.59. The van der Waals surface area contributed by atoms with Crippen LogP contribution >= 0.6 is 37.2 Å². The minimum absolute atomic E-state index is 0. The van der Waals surface area contributed by atoms with Crippen molar-refractivity contribution in [3.63, 3.8) is 0 Å². The second-order valence-corrected chi connectivity index (χ2v) is 8.03. The van der Waals surface area contributed by atoms with E-state index in [0.717, 1.165) is 32.5 Å². The monoisotopic (exact) mass is 446 g/mol. The topological polar surface area (TPSA) is 70.8 Å². The van der Waals surface area contributed by atoms with Gasteiger partial charge in [-0.1, -0.05) is 6.42 Å². The Bertz CT molecular complexity index is 436. The van der Waals surface area contributed by atoms with E-state index in [9.17, 15) is 4.79 Å². The molecular weight excluding hydrogens is 411 g/mol. The van der Waals surface area contributed by atoms with Crippen LogP contribution in [0.15, 0.2) is 0 Å². The first-order valence-corrected chi connectivity index (χ1v) is 9.63. The van der Waals surface area contributed by atoms with Crippen molar-refractivity contribution < 1.29 is 9.53 Å². The maximum Gasteiger partial charge on any atom is 0.240 e. The molecule has 3 fully saturated rings. The Hall–Kier alpha value is 0.180. The smallest absolute Gasteiger partial charge is 0.240 e. The molecule has 3 aliphatic rings. The summed E-state index contributed by atoms with van der Waals surface area (Å²) in [7, 11) is 2.19. The highest BCUT2D eigenvalue weighted by Crippen LogP contribution is 2.31.